The second-order valence-electron chi connectivity index (χ2n) is 6.35. The Morgan fingerprint density at radius 2 is 1.52 bits per heavy atom. The number of halogens is 3. The van der Waals surface area contributed by atoms with Crippen molar-refractivity contribution in [2.24, 2.45) is 0 Å². The molecule has 0 atom stereocenters. The average Bonchev–Trinajstić information content (AvgIpc) is 2.74. The van der Waals surface area contributed by atoms with E-state index in [0.29, 0.717) is 0 Å². The van der Waals surface area contributed by atoms with Crippen molar-refractivity contribution in [3.63, 3.8) is 0 Å². The Balaban J connectivity index is 1.93. The number of hydrogen-bond donors (Lipinski definition) is 2. The number of rotatable bonds is 6. The van der Waals surface area contributed by atoms with E-state index in [2.05, 4.69) is 5.32 Å². The first kappa shape index (κ1) is 21.6. The predicted molar refractivity (Wildman–Crippen MR) is 107 cm³/mol. The minimum atomic E-state index is -4.75. The number of carboxylic acids is 1. The highest BCUT2D eigenvalue weighted by Crippen LogP contribution is 2.39. The molecule has 0 aliphatic carbocycles. The minimum Gasteiger partial charge on any atom is -0.477 e. The topological polar surface area (TPSA) is 75.6 Å². The van der Waals surface area contributed by atoms with Crippen LogP contribution in [0.5, 0.6) is 11.5 Å². The molecule has 0 radical (unpaired) electrons. The Morgan fingerprint density at radius 1 is 0.903 bits per heavy atom. The predicted octanol–water partition coefficient (Wildman–Crippen LogP) is 5.35. The first-order valence-corrected chi connectivity index (χ1v) is 8.99. The van der Waals surface area contributed by atoms with Gasteiger partial charge in [0.1, 0.15) is 17.2 Å². The highest BCUT2D eigenvalue weighted by Gasteiger charge is 2.35. The molecule has 5 nitrogen and oxygen atoms in total. The quantitative estimate of drug-likeness (QED) is 0.520. The third kappa shape index (κ3) is 5.72. The standard InChI is InChI=1S/C23H16F3NO4/c24-23(25,26)18-13-15(11-12-20(18)31-17-9-5-2-6-10-17)14-19(22(29)30)27-21(28)16-7-3-1-4-8-16/h1-14H,(H,27,28)(H,29,30). The number of nitrogens with one attached hydrogen (secondary N) is 1. The van der Waals surface area contributed by atoms with Gasteiger partial charge < -0.3 is 15.2 Å². The summed E-state index contributed by atoms with van der Waals surface area (Å²) in [6.07, 6.45) is -3.80. The van der Waals surface area contributed by atoms with Crippen molar-refractivity contribution < 1.29 is 32.6 Å². The maximum atomic E-state index is 13.6. The van der Waals surface area contributed by atoms with Crippen LogP contribution < -0.4 is 10.1 Å². The number of para-hydroxylation sites is 1. The molecular formula is C23H16F3NO4. The zero-order chi connectivity index (χ0) is 22.4. The summed E-state index contributed by atoms with van der Waals surface area (Å²) in [5.74, 6) is -2.41. The first-order chi connectivity index (χ1) is 14.7. The SMILES string of the molecule is O=C(O)C(=Cc1ccc(Oc2ccccc2)c(C(F)(F)F)c1)NC(=O)c1ccccc1. The van der Waals surface area contributed by atoms with Crippen LogP contribution in [0.2, 0.25) is 0 Å². The second kappa shape index (κ2) is 9.17. The normalized spacial score (nSPS) is 11.6. The van der Waals surface area contributed by atoms with E-state index in [-0.39, 0.29) is 16.9 Å². The molecule has 0 spiro atoms. The van der Waals surface area contributed by atoms with Crippen LogP contribution in [0.25, 0.3) is 6.08 Å². The molecule has 3 rings (SSSR count). The summed E-state index contributed by atoms with van der Waals surface area (Å²) in [6.45, 7) is 0. The van der Waals surface area contributed by atoms with Crippen molar-refractivity contribution in [1.82, 2.24) is 5.32 Å². The lowest BCUT2D eigenvalue weighted by atomic mass is 10.1. The lowest BCUT2D eigenvalue weighted by Gasteiger charge is -2.15. The number of aliphatic carboxylic acids is 1. The van der Waals surface area contributed by atoms with Crippen molar-refractivity contribution in [1.29, 1.82) is 0 Å². The van der Waals surface area contributed by atoms with Crippen LogP contribution in [0.15, 0.2) is 84.6 Å². The number of alkyl halides is 3. The number of amides is 1. The van der Waals surface area contributed by atoms with Gasteiger partial charge in [-0.25, -0.2) is 4.79 Å². The van der Waals surface area contributed by atoms with Crippen LogP contribution in [0.4, 0.5) is 13.2 Å². The lowest BCUT2D eigenvalue weighted by Crippen LogP contribution is -2.27. The number of carbonyl (C=O) groups is 2. The van der Waals surface area contributed by atoms with Crippen LogP contribution >= 0.6 is 0 Å². The van der Waals surface area contributed by atoms with Crippen LogP contribution in [0.3, 0.4) is 0 Å². The molecule has 0 unspecified atom stereocenters. The lowest BCUT2D eigenvalue weighted by molar-refractivity contribution is -0.138. The summed E-state index contributed by atoms with van der Waals surface area (Å²) in [4.78, 5) is 23.7. The number of hydrogen-bond acceptors (Lipinski definition) is 3. The zero-order valence-electron chi connectivity index (χ0n) is 15.9. The molecule has 0 saturated heterocycles. The van der Waals surface area contributed by atoms with Crippen molar-refractivity contribution in [2.45, 2.75) is 6.18 Å². The van der Waals surface area contributed by atoms with Crippen molar-refractivity contribution in [3.05, 3.63) is 101 Å². The summed E-state index contributed by atoms with van der Waals surface area (Å²) in [7, 11) is 0. The van der Waals surface area contributed by atoms with Gasteiger partial charge in [-0.3, -0.25) is 4.79 Å². The maximum absolute atomic E-state index is 13.6. The maximum Gasteiger partial charge on any atom is 0.420 e. The molecule has 31 heavy (non-hydrogen) atoms. The van der Waals surface area contributed by atoms with Gasteiger partial charge in [0.05, 0.1) is 5.56 Å². The van der Waals surface area contributed by atoms with Crippen molar-refractivity contribution in [2.75, 3.05) is 0 Å². The van der Waals surface area contributed by atoms with Gasteiger partial charge in [-0.2, -0.15) is 13.2 Å². The summed E-state index contributed by atoms with van der Waals surface area (Å²) in [5, 5.41) is 11.6. The molecule has 2 N–H and O–H groups in total. The summed E-state index contributed by atoms with van der Waals surface area (Å²) in [6, 6.07) is 18.9. The number of benzene rings is 3. The summed E-state index contributed by atoms with van der Waals surface area (Å²) < 4.78 is 46.1. The van der Waals surface area contributed by atoms with Gasteiger partial charge in [-0.05, 0) is 48.0 Å². The molecule has 158 valence electrons. The van der Waals surface area contributed by atoms with Crippen molar-refractivity contribution in [3.8, 4) is 11.5 Å². The van der Waals surface area contributed by atoms with E-state index in [9.17, 15) is 27.9 Å². The monoisotopic (exact) mass is 427 g/mol. The molecular weight excluding hydrogens is 411 g/mol. The first-order valence-electron chi connectivity index (χ1n) is 8.99. The number of carbonyl (C=O) groups excluding carboxylic acids is 1. The third-order valence-electron chi connectivity index (χ3n) is 4.11. The van der Waals surface area contributed by atoms with Gasteiger partial charge in [0.25, 0.3) is 5.91 Å². The Labute approximate surface area is 175 Å². The van der Waals surface area contributed by atoms with Gasteiger partial charge in [-0.15, -0.1) is 0 Å². The van der Waals surface area contributed by atoms with Gasteiger partial charge in [0.2, 0.25) is 0 Å². The van der Waals surface area contributed by atoms with Crippen LogP contribution in [-0.4, -0.2) is 17.0 Å². The van der Waals surface area contributed by atoms with E-state index in [4.69, 9.17) is 4.74 Å². The Kier molecular flexibility index (Phi) is 6.40. The Bertz CT molecular complexity index is 1110. The smallest absolute Gasteiger partial charge is 0.420 e. The molecule has 8 heteroatoms. The molecule has 0 aliphatic heterocycles. The molecule has 0 fully saturated rings. The van der Waals surface area contributed by atoms with E-state index in [1.807, 2.05) is 0 Å². The molecule has 0 aromatic heterocycles. The summed E-state index contributed by atoms with van der Waals surface area (Å²) >= 11 is 0. The second-order valence-corrected chi connectivity index (χ2v) is 6.35. The van der Waals surface area contributed by atoms with E-state index < -0.39 is 35.1 Å². The number of ether oxygens (including phenoxy) is 1. The van der Waals surface area contributed by atoms with Crippen LogP contribution in [0, 0.1) is 0 Å². The Morgan fingerprint density at radius 3 is 2.10 bits per heavy atom. The molecule has 3 aromatic rings. The fourth-order valence-corrected chi connectivity index (χ4v) is 2.67. The van der Waals surface area contributed by atoms with E-state index in [1.54, 1.807) is 36.4 Å². The van der Waals surface area contributed by atoms with Crippen LogP contribution in [-0.2, 0) is 11.0 Å². The molecule has 0 heterocycles. The van der Waals surface area contributed by atoms with Gasteiger partial charge in [0.15, 0.2) is 0 Å². The fourth-order valence-electron chi connectivity index (χ4n) is 2.67. The molecule has 0 bridgehead atoms. The molecule has 0 aliphatic rings. The van der Waals surface area contributed by atoms with Gasteiger partial charge in [0, 0.05) is 5.56 Å². The van der Waals surface area contributed by atoms with E-state index in [0.717, 1.165) is 18.2 Å². The molecule has 3 aromatic carbocycles. The van der Waals surface area contributed by atoms with Crippen molar-refractivity contribution >= 4 is 18.0 Å². The third-order valence-corrected chi connectivity index (χ3v) is 4.11. The van der Waals surface area contributed by atoms with E-state index in [1.165, 1.54) is 30.3 Å². The largest absolute Gasteiger partial charge is 0.477 e. The van der Waals surface area contributed by atoms with Gasteiger partial charge in [-0.1, -0.05) is 42.5 Å². The van der Waals surface area contributed by atoms with Crippen LogP contribution in [0.1, 0.15) is 21.5 Å². The molecule has 1 amide bonds. The van der Waals surface area contributed by atoms with Gasteiger partial charge >= 0.3 is 12.1 Å². The summed E-state index contributed by atoms with van der Waals surface area (Å²) in [5.41, 5.74) is -1.52. The fraction of sp³-hybridized carbons (Fsp3) is 0.0435. The number of carboxylic acid groups (broad SMARTS) is 1. The highest BCUT2D eigenvalue weighted by molar-refractivity contribution is 6.02. The van der Waals surface area contributed by atoms with E-state index >= 15 is 0 Å². The zero-order valence-corrected chi connectivity index (χ0v) is 15.9. The highest BCUT2D eigenvalue weighted by atomic mass is 19.4. The minimum absolute atomic E-state index is 0.0708. The Hall–Kier alpha value is -4.07. The molecule has 0 saturated carbocycles. The average molecular weight is 427 g/mol.